The maximum Gasteiger partial charge on any atom is 0.243 e. The van der Waals surface area contributed by atoms with Crippen molar-refractivity contribution in [3.8, 4) is 11.5 Å². The Labute approximate surface area is 176 Å². The first kappa shape index (κ1) is 22.5. The smallest absolute Gasteiger partial charge is 0.243 e. The normalized spacial score (nSPS) is 16.9. The van der Waals surface area contributed by atoms with Crippen LogP contribution in [0, 0.1) is 5.82 Å². The highest BCUT2D eigenvalue weighted by atomic mass is 32.2. The molecule has 0 aromatic heterocycles. The van der Waals surface area contributed by atoms with E-state index >= 15 is 0 Å². The topological polar surface area (TPSA) is 79.3 Å². The van der Waals surface area contributed by atoms with Crippen LogP contribution in [0.25, 0.3) is 0 Å². The van der Waals surface area contributed by atoms with Gasteiger partial charge >= 0.3 is 0 Å². The van der Waals surface area contributed by atoms with E-state index in [4.69, 9.17) is 9.47 Å². The highest BCUT2D eigenvalue weighted by Gasteiger charge is 2.29. The van der Waals surface area contributed by atoms with Gasteiger partial charge in [0, 0.05) is 32.7 Å². The van der Waals surface area contributed by atoms with E-state index in [1.54, 1.807) is 12.1 Å². The van der Waals surface area contributed by atoms with E-state index in [0.29, 0.717) is 32.0 Å². The van der Waals surface area contributed by atoms with E-state index in [1.165, 1.54) is 22.5 Å². The number of rotatable bonds is 9. The second-order valence-electron chi connectivity index (χ2n) is 7.03. The molecule has 1 unspecified atom stereocenters. The molecule has 0 amide bonds. The molecule has 0 radical (unpaired) electrons. The number of sulfonamides is 1. The number of nitrogens with zero attached hydrogens (tertiary/aromatic N) is 2. The summed E-state index contributed by atoms with van der Waals surface area (Å²) < 4.78 is 51.0. The number of hydrogen-bond donors (Lipinski definition) is 1. The zero-order valence-electron chi connectivity index (χ0n) is 16.9. The molecule has 1 atom stereocenters. The Morgan fingerprint density at radius 1 is 1.03 bits per heavy atom. The third kappa shape index (κ3) is 5.91. The molecule has 7 nitrogen and oxygen atoms in total. The van der Waals surface area contributed by atoms with Crippen molar-refractivity contribution in [1.82, 2.24) is 9.21 Å². The minimum Gasteiger partial charge on any atom is -0.494 e. The first-order chi connectivity index (χ1) is 14.4. The Morgan fingerprint density at radius 3 is 2.27 bits per heavy atom. The van der Waals surface area contributed by atoms with E-state index in [-0.39, 0.29) is 24.6 Å². The second-order valence-corrected chi connectivity index (χ2v) is 8.97. The maximum absolute atomic E-state index is 13.4. The van der Waals surface area contributed by atoms with Crippen molar-refractivity contribution < 1.29 is 27.4 Å². The number of aliphatic hydroxyl groups excluding tert-OH is 1. The Hall–Kier alpha value is -2.20. The van der Waals surface area contributed by atoms with Gasteiger partial charge in [0.05, 0.1) is 11.5 Å². The van der Waals surface area contributed by atoms with Crippen LogP contribution in [0.15, 0.2) is 53.4 Å². The van der Waals surface area contributed by atoms with Crippen LogP contribution in [0.2, 0.25) is 0 Å². The van der Waals surface area contributed by atoms with Crippen LogP contribution in [0.3, 0.4) is 0 Å². The van der Waals surface area contributed by atoms with Crippen molar-refractivity contribution in [2.24, 2.45) is 0 Å². The van der Waals surface area contributed by atoms with Gasteiger partial charge in [-0.15, -0.1) is 0 Å². The van der Waals surface area contributed by atoms with Crippen molar-refractivity contribution in [3.05, 3.63) is 54.3 Å². The lowest BCUT2D eigenvalue weighted by molar-refractivity contribution is 0.0569. The van der Waals surface area contributed by atoms with Gasteiger partial charge in [0.25, 0.3) is 0 Å². The molecule has 1 N–H and O–H groups in total. The fraction of sp³-hybridized carbons (Fsp3) is 0.429. The van der Waals surface area contributed by atoms with Crippen LogP contribution in [0.1, 0.15) is 6.92 Å². The summed E-state index contributed by atoms with van der Waals surface area (Å²) in [5.41, 5.74) is 0. The monoisotopic (exact) mass is 438 g/mol. The zero-order valence-corrected chi connectivity index (χ0v) is 17.7. The van der Waals surface area contributed by atoms with Gasteiger partial charge in [0.15, 0.2) is 0 Å². The summed E-state index contributed by atoms with van der Waals surface area (Å²) >= 11 is 0. The molecule has 0 saturated carbocycles. The minimum atomic E-state index is -3.72. The van der Waals surface area contributed by atoms with Crippen molar-refractivity contribution in [3.63, 3.8) is 0 Å². The molecule has 1 saturated heterocycles. The first-order valence-electron chi connectivity index (χ1n) is 9.90. The van der Waals surface area contributed by atoms with Gasteiger partial charge in [-0.3, -0.25) is 4.90 Å². The molecule has 1 aliphatic heterocycles. The van der Waals surface area contributed by atoms with E-state index in [1.807, 2.05) is 24.0 Å². The molecule has 164 valence electrons. The summed E-state index contributed by atoms with van der Waals surface area (Å²) in [7, 11) is -3.72. The molecule has 9 heteroatoms. The van der Waals surface area contributed by atoms with E-state index in [9.17, 15) is 17.9 Å². The number of piperazine rings is 1. The highest BCUT2D eigenvalue weighted by Crippen LogP contribution is 2.19. The fourth-order valence-corrected chi connectivity index (χ4v) is 4.73. The SMILES string of the molecule is CCOc1ccc(OCC(O)CN2CCN(S(=O)(=O)c3cccc(F)c3)CC2)cc1. The van der Waals surface area contributed by atoms with E-state index in [2.05, 4.69) is 0 Å². The number of ether oxygens (including phenoxy) is 2. The van der Waals surface area contributed by atoms with Crippen LogP contribution in [-0.2, 0) is 10.0 Å². The summed E-state index contributed by atoms with van der Waals surface area (Å²) in [5, 5.41) is 10.3. The highest BCUT2D eigenvalue weighted by molar-refractivity contribution is 7.89. The van der Waals surface area contributed by atoms with Crippen LogP contribution in [-0.4, -0.2) is 74.8 Å². The largest absolute Gasteiger partial charge is 0.494 e. The third-order valence-electron chi connectivity index (χ3n) is 4.81. The molecular formula is C21H27FN2O5S. The lowest BCUT2D eigenvalue weighted by atomic mass is 10.3. The van der Waals surface area contributed by atoms with Crippen molar-refractivity contribution in [2.75, 3.05) is 45.9 Å². The summed E-state index contributed by atoms with van der Waals surface area (Å²) in [6.07, 6.45) is -0.706. The number of β-amino-alcohol motifs (C(OH)–C–C–N with tert-alkyl or cyclic N) is 1. The fourth-order valence-electron chi connectivity index (χ4n) is 3.27. The molecule has 0 bridgehead atoms. The van der Waals surface area contributed by atoms with Crippen molar-refractivity contribution in [1.29, 1.82) is 0 Å². The number of hydrogen-bond acceptors (Lipinski definition) is 6. The molecule has 0 spiro atoms. The lowest BCUT2D eigenvalue weighted by Crippen LogP contribution is -2.50. The van der Waals surface area contributed by atoms with Gasteiger partial charge in [-0.25, -0.2) is 12.8 Å². The average molecular weight is 439 g/mol. The summed E-state index contributed by atoms with van der Waals surface area (Å²) in [4.78, 5) is 1.95. The van der Waals surface area contributed by atoms with Crippen LogP contribution < -0.4 is 9.47 Å². The maximum atomic E-state index is 13.4. The van der Waals surface area contributed by atoms with E-state index in [0.717, 1.165) is 11.8 Å². The van der Waals surface area contributed by atoms with Crippen molar-refractivity contribution >= 4 is 10.0 Å². The van der Waals surface area contributed by atoms with Crippen LogP contribution >= 0.6 is 0 Å². The molecule has 30 heavy (non-hydrogen) atoms. The molecule has 1 fully saturated rings. The second kappa shape index (κ2) is 10.2. The molecule has 3 rings (SSSR count). The Bertz CT molecular complexity index is 915. The average Bonchev–Trinajstić information content (AvgIpc) is 2.74. The molecule has 0 aliphatic carbocycles. The number of halogens is 1. The number of aliphatic hydroxyl groups is 1. The predicted molar refractivity (Wildman–Crippen MR) is 111 cm³/mol. The lowest BCUT2D eigenvalue weighted by Gasteiger charge is -2.34. The Morgan fingerprint density at radius 2 is 1.67 bits per heavy atom. The van der Waals surface area contributed by atoms with Gasteiger partial charge in [-0.2, -0.15) is 4.31 Å². The summed E-state index contributed by atoms with van der Waals surface area (Å²) in [5.74, 6) is 0.824. The predicted octanol–water partition coefficient (Wildman–Crippen LogP) is 1.97. The van der Waals surface area contributed by atoms with Gasteiger partial charge in [-0.1, -0.05) is 6.07 Å². The number of benzene rings is 2. The van der Waals surface area contributed by atoms with Gasteiger partial charge in [0.1, 0.15) is 30.0 Å². The summed E-state index contributed by atoms with van der Waals surface area (Å²) in [6.45, 7) is 4.55. The minimum absolute atomic E-state index is 0.0419. The van der Waals surface area contributed by atoms with Crippen molar-refractivity contribution in [2.45, 2.75) is 17.9 Å². The van der Waals surface area contributed by atoms with Crippen LogP contribution in [0.4, 0.5) is 4.39 Å². The van der Waals surface area contributed by atoms with Gasteiger partial charge in [-0.05, 0) is 49.4 Å². The van der Waals surface area contributed by atoms with Crippen LogP contribution in [0.5, 0.6) is 11.5 Å². The Balaban J connectivity index is 1.45. The van der Waals surface area contributed by atoms with Gasteiger partial charge in [0.2, 0.25) is 10.0 Å². The van der Waals surface area contributed by atoms with Gasteiger partial charge < -0.3 is 14.6 Å². The third-order valence-corrected chi connectivity index (χ3v) is 6.71. The summed E-state index contributed by atoms with van der Waals surface area (Å²) in [6, 6.07) is 12.2. The quantitative estimate of drug-likeness (QED) is 0.645. The molecule has 1 heterocycles. The molecule has 2 aromatic rings. The molecule has 2 aromatic carbocycles. The first-order valence-corrected chi connectivity index (χ1v) is 11.3. The van der Waals surface area contributed by atoms with E-state index < -0.39 is 21.9 Å². The Kier molecular flexibility index (Phi) is 7.65. The molecule has 1 aliphatic rings. The molecular weight excluding hydrogens is 411 g/mol. The zero-order chi connectivity index (χ0) is 21.6. The standard InChI is InChI=1S/C21H27FN2O5S/c1-2-28-19-6-8-20(9-7-19)29-16-18(25)15-23-10-12-24(13-11-23)30(26,27)21-5-3-4-17(22)14-21/h3-9,14,18,25H,2,10-13,15-16H2,1H3.